The van der Waals surface area contributed by atoms with E-state index in [4.69, 9.17) is 4.74 Å². The summed E-state index contributed by atoms with van der Waals surface area (Å²) < 4.78 is 5.66. The third kappa shape index (κ3) is 4.61. The summed E-state index contributed by atoms with van der Waals surface area (Å²) in [5.74, 6) is 0.759. The number of carbonyl (C=O) groups is 2. The average Bonchev–Trinajstić information content (AvgIpc) is 3.12. The molecule has 7 heteroatoms. The molecule has 2 aliphatic heterocycles. The van der Waals surface area contributed by atoms with E-state index >= 15 is 0 Å². The maximum absolute atomic E-state index is 12.7. The van der Waals surface area contributed by atoms with Gasteiger partial charge in [-0.05, 0) is 60.4 Å². The Kier molecular flexibility index (Phi) is 6.55. The number of rotatable bonds is 5. The first-order chi connectivity index (χ1) is 17.4. The van der Waals surface area contributed by atoms with Crippen LogP contribution in [-0.4, -0.2) is 45.1 Å². The fourth-order valence-corrected chi connectivity index (χ4v) is 5.25. The van der Waals surface area contributed by atoms with Crippen LogP contribution in [0.3, 0.4) is 0 Å². The Balaban J connectivity index is 1.46. The smallest absolute Gasteiger partial charge is 0.253 e. The normalized spacial score (nSPS) is 15.3. The van der Waals surface area contributed by atoms with Gasteiger partial charge in [0.15, 0.2) is 0 Å². The van der Waals surface area contributed by atoms with Crippen LogP contribution in [0.4, 0.5) is 11.4 Å². The number of hydrogen-bond acceptors (Lipinski definition) is 5. The molecule has 0 atom stereocenters. The molecular weight excluding hydrogens is 452 g/mol. The largest absolute Gasteiger partial charge is 0.497 e. The van der Waals surface area contributed by atoms with Gasteiger partial charge in [-0.25, -0.2) is 0 Å². The summed E-state index contributed by atoms with van der Waals surface area (Å²) in [4.78, 5) is 29.9. The number of nitrogens with zero attached hydrogens (tertiary/aromatic N) is 2. The Morgan fingerprint density at radius 2 is 1.22 bits per heavy atom. The van der Waals surface area contributed by atoms with Crippen LogP contribution in [0.1, 0.15) is 43.0 Å². The molecule has 5 rings (SSSR count). The Morgan fingerprint density at radius 3 is 1.67 bits per heavy atom. The van der Waals surface area contributed by atoms with E-state index in [9.17, 15) is 9.59 Å². The quantitative estimate of drug-likeness (QED) is 0.576. The van der Waals surface area contributed by atoms with Crippen molar-refractivity contribution in [3.05, 3.63) is 88.0 Å². The number of nitrogens with one attached hydrogen (secondary N) is 2. The van der Waals surface area contributed by atoms with Gasteiger partial charge in [-0.1, -0.05) is 30.3 Å². The first-order valence-electron chi connectivity index (χ1n) is 12.4. The van der Waals surface area contributed by atoms with Crippen molar-refractivity contribution < 1.29 is 14.3 Å². The maximum Gasteiger partial charge on any atom is 0.253 e. The highest BCUT2D eigenvalue weighted by atomic mass is 16.5. The van der Waals surface area contributed by atoms with Crippen LogP contribution in [0.15, 0.2) is 54.6 Å². The average molecular weight is 485 g/mol. The molecule has 0 spiro atoms. The zero-order chi connectivity index (χ0) is 25.2. The third-order valence-corrected chi connectivity index (χ3v) is 6.98. The molecule has 0 saturated heterocycles. The number of amides is 2. The first-order valence-corrected chi connectivity index (χ1v) is 12.4. The van der Waals surface area contributed by atoms with E-state index in [0.717, 1.165) is 63.6 Å². The molecule has 2 aliphatic rings. The molecule has 2 heterocycles. The molecule has 3 aromatic carbocycles. The van der Waals surface area contributed by atoms with Gasteiger partial charge in [0.1, 0.15) is 5.75 Å². The minimum Gasteiger partial charge on any atom is -0.497 e. The van der Waals surface area contributed by atoms with Crippen molar-refractivity contribution in [1.29, 1.82) is 0 Å². The summed E-state index contributed by atoms with van der Waals surface area (Å²) in [7, 11) is 1.68. The monoisotopic (exact) mass is 484 g/mol. The number of methoxy groups -OCH3 is 1. The molecule has 0 bridgehead atoms. The van der Waals surface area contributed by atoms with Crippen molar-refractivity contribution in [3.63, 3.8) is 0 Å². The summed E-state index contributed by atoms with van der Waals surface area (Å²) in [6, 6.07) is 18.3. The lowest BCUT2D eigenvalue weighted by Gasteiger charge is -2.27. The molecule has 2 amide bonds. The van der Waals surface area contributed by atoms with Gasteiger partial charge in [-0.3, -0.25) is 9.59 Å². The predicted octanol–water partition coefficient (Wildman–Crippen LogP) is 3.81. The molecule has 0 aromatic heterocycles. The Hall–Kier alpha value is -4.00. The predicted molar refractivity (Wildman–Crippen MR) is 142 cm³/mol. The zero-order valence-corrected chi connectivity index (χ0v) is 21.1. The maximum atomic E-state index is 12.7. The summed E-state index contributed by atoms with van der Waals surface area (Å²) in [5.41, 5.74) is 7.56. The standard InChI is InChI=1S/C29H32N4O3/c1-19-6-4-8-24-26(19)28(34)30-10-12-32(24)17-21-14-22(16-23(15-21)36-3)18-33-13-11-31-29(35)27-20(2)7-5-9-25(27)33/h4-9,14-16H,10-13,17-18H2,1-3H3,(H,30,34)(H,31,35). The van der Waals surface area contributed by atoms with E-state index in [1.165, 1.54) is 0 Å². The number of benzene rings is 3. The van der Waals surface area contributed by atoms with Gasteiger partial charge in [0.2, 0.25) is 0 Å². The van der Waals surface area contributed by atoms with Crippen LogP contribution >= 0.6 is 0 Å². The molecule has 36 heavy (non-hydrogen) atoms. The molecule has 0 aliphatic carbocycles. The van der Waals surface area contributed by atoms with Crippen molar-refractivity contribution in [3.8, 4) is 5.75 Å². The highest BCUT2D eigenvalue weighted by molar-refractivity contribution is 6.02. The number of fused-ring (bicyclic) bond motifs is 2. The summed E-state index contributed by atoms with van der Waals surface area (Å²) in [5, 5.41) is 6.05. The van der Waals surface area contributed by atoms with Crippen LogP contribution in [0.2, 0.25) is 0 Å². The number of hydrogen-bond donors (Lipinski definition) is 2. The zero-order valence-electron chi connectivity index (χ0n) is 21.1. The molecule has 0 fully saturated rings. The van der Waals surface area contributed by atoms with Gasteiger partial charge in [-0.2, -0.15) is 0 Å². The van der Waals surface area contributed by atoms with E-state index in [-0.39, 0.29) is 11.8 Å². The van der Waals surface area contributed by atoms with Crippen LogP contribution in [-0.2, 0) is 13.1 Å². The van der Waals surface area contributed by atoms with E-state index in [1.54, 1.807) is 7.11 Å². The highest BCUT2D eigenvalue weighted by Gasteiger charge is 2.24. The molecule has 0 radical (unpaired) electrons. The van der Waals surface area contributed by atoms with Gasteiger partial charge < -0.3 is 25.2 Å². The Bertz CT molecular complexity index is 1220. The first kappa shape index (κ1) is 23.7. The van der Waals surface area contributed by atoms with Gasteiger partial charge >= 0.3 is 0 Å². The molecular formula is C29H32N4O3. The fourth-order valence-electron chi connectivity index (χ4n) is 5.25. The number of carbonyl (C=O) groups excluding carboxylic acids is 2. The molecule has 7 nitrogen and oxygen atoms in total. The Labute approximate surface area is 212 Å². The van der Waals surface area contributed by atoms with E-state index in [2.05, 4.69) is 38.6 Å². The fraction of sp³-hybridized carbons (Fsp3) is 0.310. The highest BCUT2D eigenvalue weighted by Crippen LogP contribution is 2.30. The Morgan fingerprint density at radius 1 is 0.750 bits per heavy atom. The van der Waals surface area contributed by atoms with Gasteiger partial charge in [0.25, 0.3) is 11.8 Å². The van der Waals surface area contributed by atoms with Crippen LogP contribution in [0, 0.1) is 13.8 Å². The molecule has 0 unspecified atom stereocenters. The molecule has 0 saturated carbocycles. The second kappa shape index (κ2) is 9.93. The van der Waals surface area contributed by atoms with Crippen LogP contribution in [0.5, 0.6) is 5.75 Å². The lowest BCUT2D eigenvalue weighted by molar-refractivity contribution is 0.0949. The van der Waals surface area contributed by atoms with Crippen molar-refractivity contribution in [1.82, 2.24) is 10.6 Å². The van der Waals surface area contributed by atoms with Crippen molar-refractivity contribution in [2.24, 2.45) is 0 Å². The number of anilines is 2. The molecule has 2 N–H and O–H groups in total. The summed E-state index contributed by atoms with van der Waals surface area (Å²) in [6.07, 6.45) is 0. The van der Waals surface area contributed by atoms with Crippen LogP contribution < -0.4 is 25.2 Å². The second-order valence-corrected chi connectivity index (χ2v) is 9.48. The minimum atomic E-state index is -0.0183. The van der Waals surface area contributed by atoms with Gasteiger partial charge in [0, 0.05) is 39.3 Å². The van der Waals surface area contributed by atoms with Gasteiger partial charge in [0.05, 0.1) is 29.6 Å². The summed E-state index contributed by atoms with van der Waals surface area (Å²) >= 11 is 0. The van der Waals surface area contributed by atoms with E-state index < -0.39 is 0 Å². The molecule has 3 aromatic rings. The topological polar surface area (TPSA) is 73.9 Å². The second-order valence-electron chi connectivity index (χ2n) is 9.48. The molecule has 186 valence electrons. The lowest BCUT2D eigenvalue weighted by atomic mass is 10.0. The number of aryl methyl sites for hydroxylation is 2. The van der Waals surface area contributed by atoms with E-state index in [1.807, 2.05) is 50.2 Å². The van der Waals surface area contributed by atoms with E-state index in [0.29, 0.717) is 26.2 Å². The lowest BCUT2D eigenvalue weighted by Crippen LogP contribution is -2.30. The van der Waals surface area contributed by atoms with Crippen molar-refractivity contribution in [2.75, 3.05) is 43.1 Å². The van der Waals surface area contributed by atoms with Crippen molar-refractivity contribution in [2.45, 2.75) is 26.9 Å². The van der Waals surface area contributed by atoms with Crippen molar-refractivity contribution >= 4 is 23.2 Å². The summed E-state index contributed by atoms with van der Waals surface area (Å²) in [6.45, 7) is 7.90. The third-order valence-electron chi connectivity index (χ3n) is 6.98. The number of ether oxygens (including phenoxy) is 1. The van der Waals surface area contributed by atoms with Gasteiger partial charge in [-0.15, -0.1) is 0 Å². The SMILES string of the molecule is COc1cc(CN2CCNC(=O)c3c(C)cccc32)cc(CN2CCNC(=O)c3c(C)cccc32)c1. The minimum absolute atomic E-state index is 0.0183. The van der Waals surface area contributed by atoms with Crippen LogP contribution in [0.25, 0.3) is 0 Å².